The molecule has 0 spiro atoms. The van der Waals surface area contributed by atoms with Gasteiger partial charge in [-0.3, -0.25) is 4.79 Å². The lowest BCUT2D eigenvalue weighted by Gasteiger charge is -2.23. The third-order valence-electron chi connectivity index (χ3n) is 5.10. The third-order valence-corrected chi connectivity index (χ3v) is 5.99. The second-order valence-corrected chi connectivity index (χ2v) is 8.10. The first kappa shape index (κ1) is 19.5. The maximum atomic E-state index is 13.3. The zero-order valence-corrected chi connectivity index (χ0v) is 17.7. The predicted octanol–water partition coefficient (Wildman–Crippen LogP) is 4.94. The molecule has 1 aliphatic rings. The SMILES string of the molecule is COc1ccc(OC)c(CN(C(=O)c2csc(-c3ccc(C)cc3)n2)C2CC2)c1. The number of hydrogen-bond donors (Lipinski definition) is 0. The molecular formula is C23H24N2O3S. The van der Waals surface area contributed by atoms with E-state index in [0.717, 1.165) is 40.5 Å². The highest BCUT2D eigenvalue weighted by Gasteiger charge is 2.34. The van der Waals surface area contributed by atoms with Gasteiger partial charge in [0.2, 0.25) is 0 Å². The highest BCUT2D eigenvalue weighted by Crippen LogP contribution is 2.34. The van der Waals surface area contributed by atoms with Crippen LogP contribution in [0.15, 0.2) is 47.8 Å². The number of methoxy groups -OCH3 is 2. The van der Waals surface area contributed by atoms with E-state index in [9.17, 15) is 4.79 Å². The Kier molecular flexibility index (Phi) is 5.53. The maximum absolute atomic E-state index is 13.3. The van der Waals surface area contributed by atoms with Crippen LogP contribution in [-0.2, 0) is 6.54 Å². The number of carbonyl (C=O) groups excluding carboxylic acids is 1. The van der Waals surface area contributed by atoms with E-state index in [1.807, 2.05) is 40.6 Å². The molecule has 2 aromatic carbocycles. The molecule has 1 fully saturated rings. The molecule has 0 unspecified atom stereocenters. The summed E-state index contributed by atoms with van der Waals surface area (Å²) in [7, 11) is 3.28. The van der Waals surface area contributed by atoms with Crippen LogP contribution in [0.1, 0.15) is 34.5 Å². The molecular weight excluding hydrogens is 384 g/mol. The first-order valence-electron chi connectivity index (χ1n) is 9.63. The molecule has 29 heavy (non-hydrogen) atoms. The van der Waals surface area contributed by atoms with Crippen LogP contribution >= 0.6 is 11.3 Å². The van der Waals surface area contributed by atoms with Crippen LogP contribution in [0, 0.1) is 6.92 Å². The lowest BCUT2D eigenvalue weighted by atomic mass is 10.1. The van der Waals surface area contributed by atoms with Crippen molar-refractivity contribution in [2.24, 2.45) is 0 Å². The normalized spacial score (nSPS) is 13.2. The van der Waals surface area contributed by atoms with E-state index in [1.54, 1.807) is 14.2 Å². The van der Waals surface area contributed by atoms with Gasteiger partial charge >= 0.3 is 0 Å². The van der Waals surface area contributed by atoms with Gasteiger partial charge < -0.3 is 14.4 Å². The number of rotatable bonds is 7. The summed E-state index contributed by atoms with van der Waals surface area (Å²) in [5.41, 5.74) is 3.67. The molecule has 3 aromatic rings. The standard InChI is InChI=1S/C23H24N2O3S/c1-15-4-6-16(7-5-15)22-24-20(14-29-22)23(26)25(18-8-9-18)13-17-12-19(27-2)10-11-21(17)28-3/h4-7,10-12,14,18H,8-9,13H2,1-3H3. The molecule has 0 N–H and O–H groups in total. The molecule has 0 radical (unpaired) electrons. The molecule has 0 bridgehead atoms. The minimum Gasteiger partial charge on any atom is -0.497 e. The average molecular weight is 409 g/mol. The van der Waals surface area contributed by atoms with Crippen molar-refractivity contribution in [2.45, 2.75) is 32.4 Å². The average Bonchev–Trinajstić information content (AvgIpc) is 3.47. The Morgan fingerprint density at radius 2 is 1.90 bits per heavy atom. The highest BCUT2D eigenvalue weighted by molar-refractivity contribution is 7.13. The third kappa shape index (κ3) is 4.27. The smallest absolute Gasteiger partial charge is 0.273 e. The molecule has 0 atom stereocenters. The van der Waals surface area contributed by atoms with Crippen molar-refractivity contribution in [2.75, 3.05) is 14.2 Å². The lowest BCUT2D eigenvalue weighted by Crippen LogP contribution is -2.33. The van der Waals surface area contributed by atoms with Gasteiger partial charge in [0.05, 0.1) is 20.8 Å². The van der Waals surface area contributed by atoms with Crippen molar-refractivity contribution in [3.63, 3.8) is 0 Å². The summed E-state index contributed by atoms with van der Waals surface area (Å²) in [4.78, 5) is 19.8. The van der Waals surface area contributed by atoms with Crippen molar-refractivity contribution >= 4 is 17.2 Å². The molecule has 4 rings (SSSR count). The summed E-state index contributed by atoms with van der Waals surface area (Å²) in [6.07, 6.45) is 2.04. The second-order valence-electron chi connectivity index (χ2n) is 7.25. The van der Waals surface area contributed by atoms with Gasteiger partial charge in [-0.05, 0) is 38.0 Å². The highest BCUT2D eigenvalue weighted by atomic mass is 32.1. The van der Waals surface area contributed by atoms with Crippen LogP contribution in [0.5, 0.6) is 11.5 Å². The summed E-state index contributed by atoms with van der Waals surface area (Å²) in [6, 6.07) is 14.1. The lowest BCUT2D eigenvalue weighted by molar-refractivity contribution is 0.0723. The second kappa shape index (κ2) is 8.25. The topological polar surface area (TPSA) is 51.7 Å². The minimum absolute atomic E-state index is 0.0352. The Morgan fingerprint density at radius 1 is 1.14 bits per heavy atom. The van der Waals surface area contributed by atoms with Crippen LogP contribution in [0.2, 0.25) is 0 Å². The Labute approximate surface area is 174 Å². The van der Waals surface area contributed by atoms with Crippen molar-refractivity contribution in [3.8, 4) is 22.1 Å². The fourth-order valence-corrected chi connectivity index (χ4v) is 4.09. The summed E-state index contributed by atoms with van der Waals surface area (Å²) in [5.74, 6) is 1.47. The van der Waals surface area contributed by atoms with Gasteiger partial charge in [-0.15, -0.1) is 11.3 Å². The molecule has 1 heterocycles. The van der Waals surface area contributed by atoms with Gasteiger partial charge in [-0.25, -0.2) is 4.98 Å². The molecule has 6 heteroatoms. The fourth-order valence-electron chi connectivity index (χ4n) is 3.29. The Hall–Kier alpha value is -2.86. The first-order valence-corrected chi connectivity index (χ1v) is 10.5. The molecule has 5 nitrogen and oxygen atoms in total. The van der Waals surface area contributed by atoms with E-state index in [2.05, 4.69) is 24.0 Å². The van der Waals surface area contributed by atoms with Crippen molar-refractivity contribution < 1.29 is 14.3 Å². The number of amides is 1. The van der Waals surface area contributed by atoms with Crippen LogP contribution in [-0.4, -0.2) is 36.1 Å². The van der Waals surface area contributed by atoms with Gasteiger partial charge in [0.1, 0.15) is 22.2 Å². The van der Waals surface area contributed by atoms with Crippen molar-refractivity contribution in [1.29, 1.82) is 0 Å². The van der Waals surface area contributed by atoms with Gasteiger partial charge in [-0.2, -0.15) is 0 Å². The Morgan fingerprint density at radius 3 is 2.55 bits per heavy atom. The molecule has 1 aliphatic carbocycles. The van der Waals surface area contributed by atoms with Gasteiger partial charge in [0.25, 0.3) is 5.91 Å². The number of thiazole rings is 1. The van der Waals surface area contributed by atoms with Crippen LogP contribution in [0.3, 0.4) is 0 Å². The number of nitrogens with zero attached hydrogens (tertiary/aromatic N) is 2. The van der Waals surface area contributed by atoms with Crippen LogP contribution in [0.4, 0.5) is 0 Å². The van der Waals surface area contributed by atoms with Crippen molar-refractivity contribution in [1.82, 2.24) is 9.88 Å². The van der Waals surface area contributed by atoms with E-state index in [0.29, 0.717) is 12.2 Å². The largest absolute Gasteiger partial charge is 0.497 e. The number of ether oxygens (including phenoxy) is 2. The summed E-state index contributed by atoms with van der Waals surface area (Å²) < 4.78 is 10.8. The number of carbonyl (C=O) groups is 1. The van der Waals surface area contributed by atoms with Gasteiger partial charge in [0, 0.05) is 22.5 Å². The minimum atomic E-state index is -0.0352. The summed E-state index contributed by atoms with van der Waals surface area (Å²) >= 11 is 1.50. The van der Waals surface area contributed by atoms with E-state index >= 15 is 0 Å². The molecule has 0 aliphatic heterocycles. The molecule has 0 saturated heterocycles. The van der Waals surface area contributed by atoms with Gasteiger partial charge in [-0.1, -0.05) is 29.8 Å². The zero-order chi connectivity index (χ0) is 20.4. The van der Waals surface area contributed by atoms with E-state index in [-0.39, 0.29) is 11.9 Å². The maximum Gasteiger partial charge on any atom is 0.273 e. The number of hydrogen-bond acceptors (Lipinski definition) is 5. The predicted molar refractivity (Wildman–Crippen MR) is 115 cm³/mol. The molecule has 150 valence electrons. The summed E-state index contributed by atoms with van der Waals surface area (Å²) in [6.45, 7) is 2.53. The zero-order valence-electron chi connectivity index (χ0n) is 16.8. The van der Waals surface area contributed by atoms with Gasteiger partial charge in [0.15, 0.2) is 0 Å². The van der Waals surface area contributed by atoms with E-state index in [1.165, 1.54) is 16.9 Å². The Balaban J connectivity index is 1.58. The van der Waals surface area contributed by atoms with Crippen molar-refractivity contribution in [3.05, 3.63) is 64.7 Å². The van der Waals surface area contributed by atoms with Crippen LogP contribution < -0.4 is 9.47 Å². The van der Waals surface area contributed by atoms with E-state index < -0.39 is 0 Å². The first-order chi connectivity index (χ1) is 14.1. The quantitative estimate of drug-likeness (QED) is 0.556. The monoisotopic (exact) mass is 408 g/mol. The van der Waals surface area contributed by atoms with E-state index in [4.69, 9.17) is 9.47 Å². The molecule has 1 saturated carbocycles. The number of aromatic nitrogens is 1. The molecule has 1 amide bonds. The number of aryl methyl sites for hydroxylation is 1. The summed E-state index contributed by atoms with van der Waals surface area (Å²) in [5, 5.41) is 2.72. The fraction of sp³-hybridized carbons (Fsp3) is 0.304. The number of benzene rings is 2. The van der Waals surface area contributed by atoms with Crippen LogP contribution in [0.25, 0.3) is 10.6 Å². The molecule has 1 aromatic heterocycles. The Bertz CT molecular complexity index is 1010.